The van der Waals surface area contributed by atoms with E-state index in [0.29, 0.717) is 34.7 Å². The molecule has 0 fully saturated rings. The normalized spacial score (nSPS) is 17.9. The summed E-state index contributed by atoms with van der Waals surface area (Å²) in [6.07, 6.45) is 0. The molecule has 30 heavy (non-hydrogen) atoms. The summed E-state index contributed by atoms with van der Waals surface area (Å²) in [5.74, 6) is 2.10. The van der Waals surface area contributed by atoms with Crippen molar-refractivity contribution >= 4 is 23.0 Å². The second kappa shape index (κ2) is 5.90. The SMILES string of the molecule is CN1/C(=C2/N(C)c3c(n(C)c(=O)n(C)c3=O)N2C)N(C)c2c1c(=O)n(C)c(=O)n2C. The molecule has 12 heteroatoms. The van der Waals surface area contributed by atoms with Gasteiger partial charge in [-0.05, 0) is 0 Å². The summed E-state index contributed by atoms with van der Waals surface area (Å²) in [4.78, 5) is 57.5. The fourth-order valence-electron chi connectivity index (χ4n) is 4.45. The van der Waals surface area contributed by atoms with Crippen LogP contribution in [0.4, 0.5) is 23.0 Å². The molecule has 0 bridgehead atoms. The molecule has 0 radical (unpaired) electrons. The molecule has 2 aromatic rings. The summed E-state index contributed by atoms with van der Waals surface area (Å²) >= 11 is 0. The largest absolute Gasteiger partial charge is 0.332 e. The lowest BCUT2D eigenvalue weighted by Crippen LogP contribution is -2.38. The zero-order chi connectivity index (χ0) is 22.4. The number of fused-ring (bicyclic) bond motifs is 2. The maximum absolute atomic E-state index is 12.9. The van der Waals surface area contributed by atoms with Crippen molar-refractivity contribution in [2.45, 2.75) is 0 Å². The third-order valence-corrected chi connectivity index (χ3v) is 6.00. The number of rotatable bonds is 0. The molecule has 0 saturated heterocycles. The van der Waals surface area contributed by atoms with E-state index in [1.807, 2.05) is 0 Å². The number of anilines is 4. The third kappa shape index (κ3) is 2.05. The molecular weight excluding hydrogens is 392 g/mol. The van der Waals surface area contributed by atoms with Gasteiger partial charge in [0.25, 0.3) is 11.1 Å². The standard InChI is InChI=1S/C18H24N8O4/c1-19-9-11(23(5)17(29)25(7)15(9)27)21(3)13(19)14-20(2)10-12(22(14)4)24(6)18(30)26(8)16(10)28/h1-8H3/b14-13+. The number of aromatic nitrogens is 4. The van der Waals surface area contributed by atoms with Crippen molar-refractivity contribution in [1.29, 1.82) is 0 Å². The van der Waals surface area contributed by atoms with Gasteiger partial charge in [-0.1, -0.05) is 0 Å². The zero-order valence-corrected chi connectivity index (χ0v) is 18.2. The van der Waals surface area contributed by atoms with Crippen molar-refractivity contribution in [3.05, 3.63) is 53.3 Å². The Morgan fingerprint density at radius 2 is 0.733 bits per heavy atom. The highest BCUT2D eigenvalue weighted by Crippen LogP contribution is 2.43. The van der Waals surface area contributed by atoms with Crippen molar-refractivity contribution in [2.24, 2.45) is 28.2 Å². The second-order valence-electron chi connectivity index (χ2n) is 7.64. The van der Waals surface area contributed by atoms with E-state index in [1.165, 1.54) is 23.2 Å². The van der Waals surface area contributed by atoms with Crippen LogP contribution in [0.1, 0.15) is 0 Å². The number of hydrogen-bond acceptors (Lipinski definition) is 8. The van der Waals surface area contributed by atoms with Gasteiger partial charge in [0.15, 0.2) is 23.0 Å². The molecule has 2 aromatic heterocycles. The highest BCUT2D eigenvalue weighted by atomic mass is 16.2. The molecule has 4 rings (SSSR count). The number of nitrogens with zero attached hydrogens (tertiary/aromatic N) is 8. The first kappa shape index (κ1) is 19.6. The summed E-state index contributed by atoms with van der Waals surface area (Å²) in [5, 5.41) is 0. The van der Waals surface area contributed by atoms with Crippen LogP contribution in [0.25, 0.3) is 0 Å². The molecule has 0 spiro atoms. The van der Waals surface area contributed by atoms with Gasteiger partial charge in [0, 0.05) is 56.4 Å². The van der Waals surface area contributed by atoms with Crippen molar-refractivity contribution in [3.8, 4) is 0 Å². The van der Waals surface area contributed by atoms with Crippen LogP contribution in [0.2, 0.25) is 0 Å². The second-order valence-corrected chi connectivity index (χ2v) is 7.64. The van der Waals surface area contributed by atoms with Crippen molar-refractivity contribution in [2.75, 3.05) is 47.8 Å². The zero-order valence-electron chi connectivity index (χ0n) is 18.2. The highest BCUT2D eigenvalue weighted by molar-refractivity contribution is 5.85. The van der Waals surface area contributed by atoms with Crippen LogP contribution in [-0.4, -0.2) is 46.5 Å². The Balaban J connectivity index is 2.07. The Morgan fingerprint density at radius 1 is 0.433 bits per heavy atom. The van der Waals surface area contributed by atoms with Gasteiger partial charge in [0.2, 0.25) is 0 Å². The molecule has 0 saturated carbocycles. The van der Waals surface area contributed by atoms with E-state index in [2.05, 4.69) is 0 Å². The quantitative estimate of drug-likeness (QED) is 0.490. The molecule has 0 aromatic carbocycles. The van der Waals surface area contributed by atoms with E-state index in [0.717, 1.165) is 9.13 Å². The molecule has 160 valence electrons. The lowest BCUT2D eigenvalue weighted by Gasteiger charge is -2.27. The van der Waals surface area contributed by atoms with Crippen LogP contribution in [0.3, 0.4) is 0 Å². The van der Waals surface area contributed by atoms with E-state index < -0.39 is 22.5 Å². The van der Waals surface area contributed by atoms with Gasteiger partial charge >= 0.3 is 11.4 Å². The minimum Gasteiger partial charge on any atom is -0.320 e. The Labute approximate surface area is 171 Å². The minimum atomic E-state index is -0.432. The van der Waals surface area contributed by atoms with E-state index in [9.17, 15) is 19.2 Å². The summed E-state index contributed by atoms with van der Waals surface area (Å²) < 4.78 is 4.95. The van der Waals surface area contributed by atoms with Gasteiger partial charge in [-0.3, -0.25) is 27.9 Å². The first-order chi connectivity index (χ1) is 13.9. The maximum Gasteiger partial charge on any atom is 0.332 e. The molecule has 2 aliphatic rings. The molecule has 2 aliphatic heterocycles. The molecule has 0 amide bonds. The Morgan fingerprint density at radius 3 is 1.03 bits per heavy atom. The van der Waals surface area contributed by atoms with E-state index in [4.69, 9.17) is 0 Å². The van der Waals surface area contributed by atoms with Crippen LogP contribution in [0.5, 0.6) is 0 Å². The van der Waals surface area contributed by atoms with E-state index >= 15 is 0 Å². The van der Waals surface area contributed by atoms with Gasteiger partial charge in [-0.15, -0.1) is 0 Å². The maximum atomic E-state index is 12.9. The number of hydrogen-bond donors (Lipinski definition) is 0. The van der Waals surface area contributed by atoms with Crippen molar-refractivity contribution in [3.63, 3.8) is 0 Å². The molecule has 0 aliphatic carbocycles. The highest BCUT2D eigenvalue weighted by Gasteiger charge is 2.42. The molecule has 4 heterocycles. The average Bonchev–Trinajstić information content (AvgIpc) is 3.11. The van der Waals surface area contributed by atoms with E-state index in [-0.39, 0.29) is 0 Å². The lowest BCUT2D eigenvalue weighted by atomic mass is 10.4. The Bertz CT molecular complexity index is 1280. The predicted octanol–water partition coefficient (Wildman–Crippen LogP) is -1.92. The summed E-state index contributed by atoms with van der Waals surface area (Å²) in [6.45, 7) is 0. The van der Waals surface area contributed by atoms with Crippen LogP contribution >= 0.6 is 0 Å². The van der Waals surface area contributed by atoms with E-state index in [1.54, 1.807) is 61.9 Å². The van der Waals surface area contributed by atoms with Crippen LogP contribution in [-0.2, 0) is 28.2 Å². The topological polar surface area (TPSA) is 101 Å². The van der Waals surface area contributed by atoms with Gasteiger partial charge in [0.1, 0.15) is 11.6 Å². The minimum absolute atomic E-state index is 0.351. The summed E-state index contributed by atoms with van der Waals surface area (Å²) in [7, 11) is 13.1. The van der Waals surface area contributed by atoms with Crippen LogP contribution < -0.4 is 42.1 Å². The Hall–Kier alpha value is -3.70. The fourth-order valence-corrected chi connectivity index (χ4v) is 4.45. The van der Waals surface area contributed by atoms with Gasteiger partial charge in [-0.2, -0.15) is 0 Å². The van der Waals surface area contributed by atoms with Gasteiger partial charge < -0.3 is 19.6 Å². The molecule has 0 atom stereocenters. The first-order valence-corrected chi connectivity index (χ1v) is 9.22. The van der Waals surface area contributed by atoms with Crippen LogP contribution in [0.15, 0.2) is 30.8 Å². The monoisotopic (exact) mass is 416 g/mol. The third-order valence-electron chi connectivity index (χ3n) is 6.00. The van der Waals surface area contributed by atoms with Crippen LogP contribution in [0, 0.1) is 0 Å². The molecular formula is C18H24N8O4. The molecule has 0 N–H and O–H groups in total. The average molecular weight is 416 g/mol. The van der Waals surface area contributed by atoms with Gasteiger partial charge in [-0.25, -0.2) is 9.59 Å². The van der Waals surface area contributed by atoms with Gasteiger partial charge in [0.05, 0.1) is 0 Å². The van der Waals surface area contributed by atoms with Crippen molar-refractivity contribution < 1.29 is 0 Å². The molecule has 12 nitrogen and oxygen atoms in total. The first-order valence-electron chi connectivity index (χ1n) is 9.22. The molecule has 0 unspecified atom stereocenters. The predicted molar refractivity (Wildman–Crippen MR) is 114 cm³/mol. The van der Waals surface area contributed by atoms with Crippen molar-refractivity contribution in [1.82, 2.24) is 18.3 Å². The smallest absolute Gasteiger partial charge is 0.320 e. The Kier molecular flexibility index (Phi) is 3.86. The summed E-state index contributed by atoms with van der Waals surface area (Å²) in [5.41, 5.74) is -0.992. The lowest BCUT2D eigenvalue weighted by molar-refractivity contribution is 0.689. The fraction of sp³-hybridized carbons (Fsp3) is 0.444. The summed E-state index contributed by atoms with van der Waals surface area (Å²) in [6, 6.07) is 0.